The number of nitrogens with zero attached hydrogens (tertiary/aromatic N) is 1. The van der Waals surface area contributed by atoms with Crippen molar-refractivity contribution in [2.75, 3.05) is 26.7 Å². The number of nitrogens with one attached hydrogen (secondary N) is 3. The van der Waals surface area contributed by atoms with Gasteiger partial charge in [-0.15, -0.1) is 24.0 Å². The molecule has 0 aromatic heterocycles. The lowest BCUT2D eigenvalue weighted by Crippen LogP contribution is -2.40. The third kappa shape index (κ3) is 9.30. The maximum Gasteiger partial charge on any atom is 0.407 e. The summed E-state index contributed by atoms with van der Waals surface area (Å²) < 4.78 is 5.20. The highest BCUT2D eigenvalue weighted by atomic mass is 127. The van der Waals surface area contributed by atoms with Gasteiger partial charge < -0.3 is 20.7 Å². The zero-order valence-electron chi connectivity index (χ0n) is 16.7. The molecule has 6 nitrogen and oxygen atoms in total. The molecule has 1 aliphatic carbocycles. The Morgan fingerprint density at radius 3 is 2.44 bits per heavy atom. The molecule has 1 aromatic rings. The zero-order valence-corrected chi connectivity index (χ0v) is 19.1. The molecular weight excluding hydrogens is 455 g/mol. The lowest BCUT2D eigenvalue weighted by Gasteiger charge is -2.19. The average molecular weight is 488 g/mol. The van der Waals surface area contributed by atoms with Crippen LogP contribution in [0.5, 0.6) is 0 Å². The number of benzene rings is 1. The van der Waals surface area contributed by atoms with Crippen LogP contribution >= 0.6 is 24.0 Å². The van der Waals surface area contributed by atoms with E-state index in [1.165, 1.54) is 12.0 Å². The fourth-order valence-electron chi connectivity index (χ4n) is 2.83. The van der Waals surface area contributed by atoms with Gasteiger partial charge in [-0.1, -0.05) is 30.3 Å². The minimum Gasteiger partial charge on any atom is -0.444 e. The third-order valence-corrected chi connectivity index (χ3v) is 4.22. The van der Waals surface area contributed by atoms with Crippen LogP contribution in [0.3, 0.4) is 0 Å². The standard InChI is InChI=1S/C20H32N4O2.HI/c1-20(2,3)26-19(25)23-12-8-11-22-18(21-4)24-14-16-13-17(16)15-9-6-5-7-10-15;/h5-7,9-10,16-17H,8,11-14H2,1-4H3,(H,23,25)(H2,21,22,24);1H. The number of carbonyl (C=O) groups excluding carboxylic acids is 1. The average Bonchev–Trinajstić information content (AvgIpc) is 3.36. The summed E-state index contributed by atoms with van der Waals surface area (Å²) in [6.07, 6.45) is 1.66. The third-order valence-electron chi connectivity index (χ3n) is 4.22. The van der Waals surface area contributed by atoms with E-state index in [0.717, 1.165) is 25.5 Å². The van der Waals surface area contributed by atoms with Gasteiger partial charge in [-0.2, -0.15) is 0 Å². The minimum absolute atomic E-state index is 0. The molecule has 0 heterocycles. The number of hydrogen-bond acceptors (Lipinski definition) is 3. The van der Waals surface area contributed by atoms with Crippen molar-refractivity contribution in [2.24, 2.45) is 10.9 Å². The summed E-state index contributed by atoms with van der Waals surface area (Å²) >= 11 is 0. The van der Waals surface area contributed by atoms with E-state index >= 15 is 0 Å². The highest BCUT2D eigenvalue weighted by molar-refractivity contribution is 14.0. The summed E-state index contributed by atoms with van der Waals surface area (Å²) in [4.78, 5) is 15.8. The van der Waals surface area contributed by atoms with E-state index in [1.807, 2.05) is 20.8 Å². The van der Waals surface area contributed by atoms with Crippen molar-refractivity contribution >= 4 is 36.0 Å². The van der Waals surface area contributed by atoms with E-state index < -0.39 is 5.60 Å². The molecule has 1 saturated carbocycles. The molecule has 0 saturated heterocycles. The normalized spacial score (nSPS) is 18.9. The molecule has 1 fully saturated rings. The highest BCUT2D eigenvalue weighted by Crippen LogP contribution is 2.46. The first-order chi connectivity index (χ1) is 12.4. The van der Waals surface area contributed by atoms with E-state index in [0.29, 0.717) is 18.4 Å². The number of rotatable bonds is 7. The van der Waals surface area contributed by atoms with Crippen molar-refractivity contribution in [1.82, 2.24) is 16.0 Å². The topological polar surface area (TPSA) is 74.8 Å². The second-order valence-corrected chi connectivity index (χ2v) is 7.68. The first-order valence-corrected chi connectivity index (χ1v) is 9.35. The molecule has 27 heavy (non-hydrogen) atoms. The quantitative estimate of drug-likeness (QED) is 0.238. The van der Waals surface area contributed by atoms with Crippen LogP contribution in [0.25, 0.3) is 0 Å². The largest absolute Gasteiger partial charge is 0.444 e. The van der Waals surface area contributed by atoms with Gasteiger partial charge in [-0.3, -0.25) is 4.99 Å². The van der Waals surface area contributed by atoms with Gasteiger partial charge in [-0.25, -0.2) is 4.79 Å². The van der Waals surface area contributed by atoms with Crippen LogP contribution in [0.15, 0.2) is 35.3 Å². The molecule has 2 atom stereocenters. The van der Waals surface area contributed by atoms with Gasteiger partial charge in [0.2, 0.25) is 0 Å². The molecule has 1 aliphatic rings. The summed E-state index contributed by atoms with van der Waals surface area (Å²) in [5.41, 5.74) is 0.963. The number of aliphatic imine (C=N–C) groups is 1. The number of hydrogen-bond donors (Lipinski definition) is 3. The molecule has 2 unspecified atom stereocenters. The van der Waals surface area contributed by atoms with Crippen molar-refractivity contribution in [3.63, 3.8) is 0 Å². The Kier molecular flexibility index (Phi) is 9.90. The SMILES string of the molecule is CN=C(NCCCNC(=O)OC(C)(C)C)NCC1CC1c1ccccc1.I. The van der Waals surface area contributed by atoms with Crippen molar-refractivity contribution < 1.29 is 9.53 Å². The van der Waals surface area contributed by atoms with Crippen molar-refractivity contribution in [3.05, 3.63) is 35.9 Å². The summed E-state index contributed by atoms with van der Waals surface area (Å²) in [5.74, 6) is 2.14. The molecule has 1 aromatic carbocycles. The van der Waals surface area contributed by atoms with E-state index in [4.69, 9.17) is 4.74 Å². The molecule has 2 rings (SSSR count). The van der Waals surface area contributed by atoms with E-state index in [2.05, 4.69) is 51.3 Å². The molecule has 0 spiro atoms. The summed E-state index contributed by atoms with van der Waals surface area (Å²) in [6.45, 7) is 7.79. The molecule has 1 amide bonds. The number of ether oxygens (including phenoxy) is 1. The van der Waals surface area contributed by atoms with Crippen molar-refractivity contribution in [1.29, 1.82) is 0 Å². The van der Waals surface area contributed by atoms with Crippen LogP contribution in [0.4, 0.5) is 4.79 Å². The van der Waals surface area contributed by atoms with Gasteiger partial charge in [0.15, 0.2) is 5.96 Å². The van der Waals surface area contributed by atoms with E-state index in [1.54, 1.807) is 7.05 Å². The smallest absolute Gasteiger partial charge is 0.407 e. The Morgan fingerprint density at radius 2 is 1.81 bits per heavy atom. The molecule has 3 N–H and O–H groups in total. The fourth-order valence-corrected chi connectivity index (χ4v) is 2.83. The molecule has 0 radical (unpaired) electrons. The first-order valence-electron chi connectivity index (χ1n) is 9.35. The lowest BCUT2D eigenvalue weighted by molar-refractivity contribution is 0.0527. The highest BCUT2D eigenvalue weighted by Gasteiger charge is 2.37. The fraction of sp³-hybridized carbons (Fsp3) is 0.600. The number of alkyl carbamates (subject to hydrolysis) is 1. The van der Waals surface area contributed by atoms with E-state index in [-0.39, 0.29) is 30.1 Å². The molecule has 0 bridgehead atoms. The molecule has 0 aliphatic heterocycles. The van der Waals surface area contributed by atoms with Gasteiger partial charge >= 0.3 is 6.09 Å². The molecular formula is C20H33IN4O2. The molecule has 7 heteroatoms. The van der Waals surface area contributed by atoms with Crippen LogP contribution in [0.2, 0.25) is 0 Å². The van der Waals surface area contributed by atoms with Gasteiger partial charge in [0.05, 0.1) is 0 Å². The van der Waals surface area contributed by atoms with Gasteiger partial charge in [0.1, 0.15) is 5.60 Å². The van der Waals surface area contributed by atoms with Gasteiger partial charge in [0.25, 0.3) is 0 Å². The van der Waals surface area contributed by atoms with E-state index in [9.17, 15) is 4.79 Å². The minimum atomic E-state index is -0.464. The Morgan fingerprint density at radius 1 is 1.15 bits per heavy atom. The van der Waals surface area contributed by atoms with Crippen LogP contribution in [-0.4, -0.2) is 44.3 Å². The summed E-state index contributed by atoms with van der Waals surface area (Å²) in [5, 5.41) is 9.42. The van der Waals surface area contributed by atoms with Crippen LogP contribution in [0.1, 0.15) is 45.1 Å². The first kappa shape index (κ1) is 23.5. The van der Waals surface area contributed by atoms with Crippen LogP contribution in [0, 0.1) is 5.92 Å². The van der Waals surface area contributed by atoms with Crippen LogP contribution in [-0.2, 0) is 4.74 Å². The lowest BCUT2D eigenvalue weighted by atomic mass is 10.1. The number of guanidine groups is 1. The number of amides is 1. The summed E-state index contributed by atoms with van der Waals surface area (Å²) in [6, 6.07) is 10.7. The Labute approximate surface area is 179 Å². The van der Waals surface area contributed by atoms with Crippen molar-refractivity contribution in [2.45, 2.75) is 45.1 Å². The Bertz CT molecular complexity index is 602. The predicted molar refractivity (Wildman–Crippen MR) is 121 cm³/mol. The number of halogens is 1. The monoisotopic (exact) mass is 488 g/mol. The van der Waals surface area contributed by atoms with Gasteiger partial charge in [0, 0.05) is 26.7 Å². The maximum atomic E-state index is 11.6. The zero-order chi connectivity index (χ0) is 19.0. The molecule has 152 valence electrons. The Hall–Kier alpha value is -1.51. The second-order valence-electron chi connectivity index (χ2n) is 7.68. The van der Waals surface area contributed by atoms with Crippen LogP contribution < -0.4 is 16.0 Å². The van der Waals surface area contributed by atoms with Gasteiger partial charge in [-0.05, 0) is 51.0 Å². The van der Waals surface area contributed by atoms with Crippen molar-refractivity contribution in [3.8, 4) is 0 Å². The predicted octanol–water partition coefficient (Wildman–Crippen LogP) is 3.49. The number of carbonyl (C=O) groups is 1. The summed E-state index contributed by atoms with van der Waals surface area (Å²) in [7, 11) is 1.77. The second kappa shape index (κ2) is 11.4. The Balaban J connectivity index is 0.00000364. The maximum absolute atomic E-state index is 11.6.